The molecule has 1 aliphatic rings. The number of aryl methyl sites for hydroxylation is 2. The highest BCUT2D eigenvalue weighted by Gasteiger charge is 2.30. The van der Waals surface area contributed by atoms with Gasteiger partial charge >= 0.3 is 0 Å². The summed E-state index contributed by atoms with van der Waals surface area (Å²) in [5.74, 6) is -0.177. The van der Waals surface area contributed by atoms with Crippen LogP contribution in [-0.2, 0) is 4.79 Å². The normalized spacial score (nSPS) is 16.8. The summed E-state index contributed by atoms with van der Waals surface area (Å²) in [5, 5.41) is 10.3. The van der Waals surface area contributed by atoms with Crippen LogP contribution in [0.3, 0.4) is 0 Å². The van der Waals surface area contributed by atoms with Gasteiger partial charge in [-0.3, -0.25) is 4.79 Å². The molecule has 1 atom stereocenters. The number of halogens is 1. The highest BCUT2D eigenvalue weighted by molar-refractivity contribution is 7.80. The number of benzene rings is 2. The molecule has 134 valence electrons. The Morgan fingerprint density at radius 1 is 1.15 bits per heavy atom. The second-order valence-electron chi connectivity index (χ2n) is 6.40. The lowest BCUT2D eigenvalue weighted by molar-refractivity contribution is -0.113. The second-order valence-corrected chi connectivity index (χ2v) is 7.24. The van der Waals surface area contributed by atoms with Gasteiger partial charge in [-0.15, -0.1) is 0 Å². The van der Waals surface area contributed by atoms with Crippen LogP contribution in [0.1, 0.15) is 29.7 Å². The molecule has 6 heteroatoms. The molecule has 0 aliphatic carbocycles. The molecule has 26 heavy (non-hydrogen) atoms. The van der Waals surface area contributed by atoms with Crippen molar-refractivity contribution in [2.24, 2.45) is 0 Å². The maximum absolute atomic E-state index is 13.1. The van der Waals surface area contributed by atoms with E-state index in [0.29, 0.717) is 15.7 Å². The van der Waals surface area contributed by atoms with Crippen LogP contribution >= 0.6 is 23.8 Å². The van der Waals surface area contributed by atoms with E-state index in [0.717, 1.165) is 28.1 Å². The number of amides is 1. The molecule has 0 aromatic heterocycles. The van der Waals surface area contributed by atoms with Gasteiger partial charge in [0, 0.05) is 16.4 Å². The maximum Gasteiger partial charge on any atom is 0.255 e. The molecule has 2 aromatic carbocycles. The summed E-state index contributed by atoms with van der Waals surface area (Å²) in [6.45, 7) is 5.82. The van der Waals surface area contributed by atoms with Crippen molar-refractivity contribution in [3.63, 3.8) is 0 Å². The lowest BCUT2D eigenvalue weighted by Gasteiger charge is -2.30. The summed E-state index contributed by atoms with van der Waals surface area (Å²) in [7, 11) is 0. The monoisotopic (exact) mass is 385 g/mol. The van der Waals surface area contributed by atoms with Crippen LogP contribution in [0.25, 0.3) is 0 Å². The van der Waals surface area contributed by atoms with Crippen molar-refractivity contribution in [1.29, 1.82) is 0 Å². The molecular weight excluding hydrogens is 366 g/mol. The molecule has 4 nitrogen and oxygen atoms in total. The van der Waals surface area contributed by atoms with Gasteiger partial charge in [0.15, 0.2) is 5.11 Å². The predicted octanol–water partition coefficient (Wildman–Crippen LogP) is 4.39. The van der Waals surface area contributed by atoms with E-state index < -0.39 is 0 Å². The van der Waals surface area contributed by atoms with Crippen molar-refractivity contribution in [3.05, 3.63) is 75.4 Å². The van der Waals surface area contributed by atoms with Crippen LogP contribution in [0.4, 0.5) is 5.69 Å². The number of nitrogens with one attached hydrogen (secondary N) is 3. The van der Waals surface area contributed by atoms with Crippen LogP contribution < -0.4 is 16.0 Å². The number of anilines is 1. The molecule has 3 rings (SSSR count). The number of allylic oxidation sites excluding steroid dienone is 1. The Morgan fingerprint density at radius 3 is 2.65 bits per heavy atom. The van der Waals surface area contributed by atoms with Crippen molar-refractivity contribution in [1.82, 2.24) is 10.6 Å². The van der Waals surface area contributed by atoms with E-state index in [4.69, 9.17) is 23.8 Å². The first-order valence-electron chi connectivity index (χ1n) is 8.27. The van der Waals surface area contributed by atoms with E-state index in [1.165, 1.54) is 0 Å². The van der Waals surface area contributed by atoms with Gasteiger partial charge in [0.1, 0.15) is 0 Å². The molecule has 1 amide bonds. The number of hydrogen-bond donors (Lipinski definition) is 3. The number of hydrogen-bond acceptors (Lipinski definition) is 2. The van der Waals surface area contributed by atoms with Gasteiger partial charge in [0.2, 0.25) is 0 Å². The van der Waals surface area contributed by atoms with Crippen LogP contribution in [0.2, 0.25) is 5.02 Å². The number of rotatable bonds is 3. The zero-order valence-electron chi connectivity index (χ0n) is 14.8. The molecule has 3 N–H and O–H groups in total. The molecule has 0 spiro atoms. The Balaban J connectivity index is 1.98. The molecule has 1 unspecified atom stereocenters. The third-order valence-electron chi connectivity index (χ3n) is 4.34. The topological polar surface area (TPSA) is 53.2 Å². The van der Waals surface area contributed by atoms with E-state index in [9.17, 15) is 4.79 Å². The minimum Gasteiger partial charge on any atom is -0.351 e. The maximum atomic E-state index is 13.1. The van der Waals surface area contributed by atoms with E-state index in [2.05, 4.69) is 16.0 Å². The summed E-state index contributed by atoms with van der Waals surface area (Å²) in [4.78, 5) is 13.1. The number of thiocarbonyl (C=S) groups is 1. The van der Waals surface area contributed by atoms with Crippen molar-refractivity contribution < 1.29 is 4.79 Å². The number of carbonyl (C=O) groups is 1. The highest BCUT2D eigenvalue weighted by atomic mass is 35.5. The standard InChI is InChI=1S/C20H20ClN3OS/c1-11-7-8-12(2)16(9-11)23-19(25)17-13(3)22-20(26)24-18(17)14-5-4-6-15(21)10-14/h4-10,18H,1-3H3,(H,23,25)(H2,22,24,26). The molecule has 0 bridgehead atoms. The van der Waals surface area contributed by atoms with E-state index >= 15 is 0 Å². The minimum atomic E-state index is -0.368. The first-order valence-corrected chi connectivity index (χ1v) is 9.06. The first-order chi connectivity index (χ1) is 12.3. The first kappa shape index (κ1) is 18.4. The Kier molecular flexibility index (Phi) is 5.30. The molecule has 1 heterocycles. The molecule has 0 saturated heterocycles. The second kappa shape index (κ2) is 7.48. The smallest absolute Gasteiger partial charge is 0.255 e. The fraction of sp³-hybridized carbons (Fsp3) is 0.200. The van der Waals surface area contributed by atoms with E-state index in [1.807, 2.05) is 57.2 Å². The number of carbonyl (C=O) groups excluding carboxylic acids is 1. The Morgan fingerprint density at radius 2 is 1.92 bits per heavy atom. The Hall–Kier alpha value is -2.37. The minimum absolute atomic E-state index is 0.177. The van der Waals surface area contributed by atoms with Crippen LogP contribution in [-0.4, -0.2) is 11.0 Å². The van der Waals surface area contributed by atoms with Gasteiger partial charge in [-0.05, 0) is 67.9 Å². The summed E-state index contributed by atoms with van der Waals surface area (Å²) < 4.78 is 0. The Labute approximate surface area is 163 Å². The van der Waals surface area contributed by atoms with Gasteiger partial charge in [-0.1, -0.05) is 35.9 Å². The fourth-order valence-electron chi connectivity index (χ4n) is 2.99. The third kappa shape index (κ3) is 3.89. The lowest BCUT2D eigenvalue weighted by Crippen LogP contribution is -2.45. The van der Waals surface area contributed by atoms with Gasteiger partial charge in [-0.25, -0.2) is 0 Å². The van der Waals surface area contributed by atoms with Gasteiger partial charge < -0.3 is 16.0 Å². The van der Waals surface area contributed by atoms with Crippen molar-refractivity contribution >= 4 is 40.5 Å². The van der Waals surface area contributed by atoms with Crippen LogP contribution in [0.5, 0.6) is 0 Å². The molecule has 0 saturated carbocycles. The summed E-state index contributed by atoms with van der Waals surface area (Å²) >= 11 is 11.4. The van der Waals surface area contributed by atoms with Crippen LogP contribution in [0, 0.1) is 13.8 Å². The average molecular weight is 386 g/mol. The zero-order valence-corrected chi connectivity index (χ0v) is 16.4. The van der Waals surface area contributed by atoms with Crippen molar-refractivity contribution in [3.8, 4) is 0 Å². The van der Waals surface area contributed by atoms with E-state index in [1.54, 1.807) is 6.07 Å². The average Bonchev–Trinajstić information content (AvgIpc) is 2.57. The van der Waals surface area contributed by atoms with E-state index in [-0.39, 0.29) is 11.9 Å². The third-order valence-corrected chi connectivity index (χ3v) is 4.79. The molecule has 0 fully saturated rings. The van der Waals surface area contributed by atoms with Gasteiger partial charge in [0.05, 0.1) is 11.6 Å². The molecule has 2 aromatic rings. The molecular formula is C20H20ClN3OS. The van der Waals surface area contributed by atoms with Gasteiger partial charge in [-0.2, -0.15) is 0 Å². The molecule has 1 aliphatic heterocycles. The SMILES string of the molecule is CC1=C(C(=O)Nc2cc(C)ccc2C)C(c2cccc(Cl)c2)NC(=S)N1. The van der Waals surface area contributed by atoms with Crippen molar-refractivity contribution in [2.45, 2.75) is 26.8 Å². The highest BCUT2D eigenvalue weighted by Crippen LogP contribution is 2.29. The van der Waals surface area contributed by atoms with Crippen molar-refractivity contribution in [2.75, 3.05) is 5.32 Å². The zero-order chi connectivity index (χ0) is 18.8. The quantitative estimate of drug-likeness (QED) is 0.686. The largest absolute Gasteiger partial charge is 0.351 e. The predicted molar refractivity (Wildman–Crippen MR) is 110 cm³/mol. The van der Waals surface area contributed by atoms with Gasteiger partial charge in [0.25, 0.3) is 5.91 Å². The summed E-state index contributed by atoms with van der Waals surface area (Å²) in [6, 6.07) is 13.0. The lowest BCUT2D eigenvalue weighted by atomic mass is 9.95. The summed E-state index contributed by atoms with van der Waals surface area (Å²) in [5.41, 5.74) is 5.08. The summed E-state index contributed by atoms with van der Waals surface area (Å²) in [6.07, 6.45) is 0. The molecule has 0 radical (unpaired) electrons. The Bertz CT molecular complexity index is 923. The fourth-order valence-corrected chi connectivity index (χ4v) is 3.46. The van der Waals surface area contributed by atoms with Crippen LogP contribution in [0.15, 0.2) is 53.7 Å².